The lowest BCUT2D eigenvalue weighted by Crippen LogP contribution is -2.29. The van der Waals surface area contributed by atoms with Crippen molar-refractivity contribution >= 4 is 11.5 Å². The van der Waals surface area contributed by atoms with Gasteiger partial charge in [0.15, 0.2) is 0 Å². The van der Waals surface area contributed by atoms with E-state index >= 15 is 0 Å². The largest absolute Gasteiger partial charge is 0.397 e. The molecule has 15 heavy (non-hydrogen) atoms. The van der Waals surface area contributed by atoms with Crippen LogP contribution in [-0.2, 0) is 4.74 Å². The van der Waals surface area contributed by atoms with Crippen molar-refractivity contribution in [2.24, 2.45) is 0 Å². The van der Waals surface area contributed by atoms with Crippen LogP contribution in [-0.4, -0.2) is 36.5 Å². The number of rotatable bonds is 5. The second kappa shape index (κ2) is 5.53. The van der Waals surface area contributed by atoms with Gasteiger partial charge in [-0.05, 0) is 18.6 Å². The Labute approximate surface area is 89.3 Å². The number of nitrogens with one attached hydrogen (secondary N) is 1. The zero-order valence-electron chi connectivity index (χ0n) is 9.03. The van der Waals surface area contributed by atoms with Crippen molar-refractivity contribution in [2.45, 2.75) is 13.0 Å². The zero-order valence-corrected chi connectivity index (χ0v) is 9.03. The summed E-state index contributed by atoms with van der Waals surface area (Å²) in [5, 5.41) is 12.2. The van der Waals surface area contributed by atoms with Crippen LogP contribution in [0.3, 0.4) is 0 Å². The van der Waals surface area contributed by atoms with Crippen molar-refractivity contribution in [1.82, 2.24) is 4.98 Å². The maximum absolute atomic E-state index is 9.07. The van der Waals surface area contributed by atoms with Crippen molar-refractivity contribution in [3.8, 4) is 0 Å². The summed E-state index contributed by atoms with van der Waals surface area (Å²) in [6, 6.07) is 1.68. The first-order valence-corrected chi connectivity index (χ1v) is 4.75. The fourth-order valence-corrected chi connectivity index (χ4v) is 1.28. The van der Waals surface area contributed by atoms with Crippen LogP contribution in [0.1, 0.15) is 5.56 Å². The number of nitrogen functional groups attached to an aromatic ring is 1. The smallest absolute Gasteiger partial charge is 0.129 e. The SMILES string of the molecule is COCC(CO)Nc1ncc(N)cc1C. The van der Waals surface area contributed by atoms with Crippen LogP contribution >= 0.6 is 0 Å². The molecule has 4 N–H and O–H groups in total. The van der Waals surface area contributed by atoms with Gasteiger partial charge in [0.25, 0.3) is 0 Å². The lowest BCUT2D eigenvalue weighted by Gasteiger charge is -2.17. The molecule has 1 rings (SSSR count). The van der Waals surface area contributed by atoms with Gasteiger partial charge in [-0.3, -0.25) is 0 Å². The van der Waals surface area contributed by atoms with Gasteiger partial charge in [0.05, 0.1) is 31.1 Å². The number of methoxy groups -OCH3 is 1. The molecule has 1 aromatic heterocycles. The molecule has 0 spiro atoms. The van der Waals surface area contributed by atoms with Crippen LogP contribution < -0.4 is 11.1 Å². The average molecular weight is 211 g/mol. The van der Waals surface area contributed by atoms with Crippen molar-refractivity contribution in [3.05, 3.63) is 17.8 Å². The molecule has 0 saturated carbocycles. The highest BCUT2D eigenvalue weighted by Gasteiger charge is 2.08. The van der Waals surface area contributed by atoms with E-state index in [9.17, 15) is 0 Å². The highest BCUT2D eigenvalue weighted by molar-refractivity contribution is 5.51. The lowest BCUT2D eigenvalue weighted by atomic mass is 10.2. The van der Waals surface area contributed by atoms with E-state index < -0.39 is 0 Å². The molecule has 0 aliphatic heterocycles. The molecule has 0 aliphatic carbocycles. The molecule has 0 saturated heterocycles. The van der Waals surface area contributed by atoms with Crippen LogP contribution in [0.2, 0.25) is 0 Å². The van der Waals surface area contributed by atoms with Crippen molar-refractivity contribution < 1.29 is 9.84 Å². The first-order chi connectivity index (χ1) is 7.17. The Morgan fingerprint density at radius 2 is 2.40 bits per heavy atom. The first-order valence-electron chi connectivity index (χ1n) is 4.75. The summed E-state index contributed by atoms with van der Waals surface area (Å²) in [4.78, 5) is 4.15. The molecule has 0 fully saturated rings. The molecule has 1 unspecified atom stereocenters. The standard InChI is InChI=1S/C10H17N3O2/c1-7-3-8(11)4-12-10(7)13-9(5-14)6-15-2/h3-4,9,14H,5-6,11H2,1-2H3,(H,12,13). The van der Waals surface area contributed by atoms with Gasteiger partial charge in [0.1, 0.15) is 5.82 Å². The quantitative estimate of drug-likeness (QED) is 0.656. The molecule has 1 heterocycles. The normalized spacial score (nSPS) is 12.5. The summed E-state index contributed by atoms with van der Waals surface area (Å²) < 4.78 is 4.96. The molecular weight excluding hydrogens is 194 g/mol. The highest BCUT2D eigenvalue weighted by Crippen LogP contribution is 2.14. The molecular formula is C10H17N3O2. The van der Waals surface area contributed by atoms with Gasteiger partial charge in [-0.1, -0.05) is 0 Å². The average Bonchev–Trinajstić information content (AvgIpc) is 2.21. The number of aromatic nitrogens is 1. The second-order valence-electron chi connectivity index (χ2n) is 3.41. The van der Waals surface area contributed by atoms with Gasteiger partial charge in [-0.2, -0.15) is 0 Å². The first kappa shape index (κ1) is 11.7. The summed E-state index contributed by atoms with van der Waals surface area (Å²) in [7, 11) is 1.59. The topological polar surface area (TPSA) is 80.4 Å². The van der Waals surface area contributed by atoms with Gasteiger partial charge in [-0.25, -0.2) is 4.98 Å². The molecule has 84 valence electrons. The number of aliphatic hydroxyl groups is 1. The molecule has 5 heteroatoms. The van der Waals surface area contributed by atoms with Gasteiger partial charge in [-0.15, -0.1) is 0 Å². The van der Waals surface area contributed by atoms with E-state index in [-0.39, 0.29) is 12.6 Å². The zero-order chi connectivity index (χ0) is 11.3. The van der Waals surface area contributed by atoms with E-state index in [1.54, 1.807) is 13.3 Å². The number of nitrogens with two attached hydrogens (primary N) is 1. The molecule has 5 nitrogen and oxygen atoms in total. The van der Waals surface area contributed by atoms with Crippen molar-refractivity contribution in [2.75, 3.05) is 31.4 Å². The Morgan fingerprint density at radius 3 is 2.93 bits per heavy atom. The Morgan fingerprint density at radius 1 is 1.67 bits per heavy atom. The number of pyridine rings is 1. The monoisotopic (exact) mass is 211 g/mol. The van der Waals surface area contributed by atoms with Crippen LogP contribution in [0.5, 0.6) is 0 Å². The van der Waals surface area contributed by atoms with Gasteiger partial charge >= 0.3 is 0 Å². The fraction of sp³-hybridized carbons (Fsp3) is 0.500. The number of hydrogen-bond acceptors (Lipinski definition) is 5. The lowest BCUT2D eigenvalue weighted by molar-refractivity contribution is 0.153. The molecule has 0 bridgehead atoms. The van der Waals surface area contributed by atoms with Gasteiger partial charge in [0.2, 0.25) is 0 Å². The Hall–Kier alpha value is -1.33. The third-order valence-electron chi connectivity index (χ3n) is 2.03. The van der Waals surface area contributed by atoms with Crippen LogP contribution in [0.25, 0.3) is 0 Å². The van der Waals surface area contributed by atoms with E-state index in [4.69, 9.17) is 15.6 Å². The number of anilines is 2. The van der Waals surface area contributed by atoms with Crippen LogP contribution in [0, 0.1) is 6.92 Å². The molecule has 1 aromatic rings. The van der Waals surface area contributed by atoms with Crippen molar-refractivity contribution in [3.63, 3.8) is 0 Å². The van der Waals surface area contributed by atoms with Gasteiger partial charge < -0.3 is 20.9 Å². The molecule has 0 aliphatic rings. The van der Waals surface area contributed by atoms with E-state index in [1.165, 1.54) is 0 Å². The van der Waals surface area contributed by atoms with E-state index in [1.807, 2.05) is 13.0 Å². The van der Waals surface area contributed by atoms with E-state index in [0.29, 0.717) is 12.3 Å². The Bertz CT molecular complexity index is 318. The third-order valence-corrected chi connectivity index (χ3v) is 2.03. The maximum atomic E-state index is 9.07. The summed E-state index contributed by atoms with van der Waals surface area (Å²) in [6.07, 6.45) is 1.58. The minimum absolute atomic E-state index is 0.000658. The predicted octanol–water partition coefficient (Wildman–Crippen LogP) is 0.391. The Balaban J connectivity index is 2.70. The van der Waals surface area contributed by atoms with E-state index in [0.717, 1.165) is 11.4 Å². The number of ether oxygens (including phenoxy) is 1. The molecule has 0 aromatic carbocycles. The van der Waals surface area contributed by atoms with Gasteiger partial charge in [0, 0.05) is 7.11 Å². The molecule has 1 atom stereocenters. The number of hydrogen-bond donors (Lipinski definition) is 3. The maximum Gasteiger partial charge on any atom is 0.129 e. The number of aryl methyl sites for hydroxylation is 1. The minimum atomic E-state index is -0.148. The Kier molecular flexibility index (Phi) is 4.33. The third kappa shape index (κ3) is 3.38. The fourth-order valence-electron chi connectivity index (χ4n) is 1.28. The number of aliphatic hydroxyl groups excluding tert-OH is 1. The second-order valence-corrected chi connectivity index (χ2v) is 3.41. The summed E-state index contributed by atoms with van der Waals surface area (Å²) in [5.74, 6) is 0.723. The summed E-state index contributed by atoms with van der Waals surface area (Å²) >= 11 is 0. The summed E-state index contributed by atoms with van der Waals surface area (Å²) in [6.45, 7) is 2.34. The number of nitrogens with zero attached hydrogens (tertiary/aromatic N) is 1. The van der Waals surface area contributed by atoms with Crippen LogP contribution in [0.4, 0.5) is 11.5 Å². The van der Waals surface area contributed by atoms with E-state index in [2.05, 4.69) is 10.3 Å². The van der Waals surface area contributed by atoms with Crippen molar-refractivity contribution in [1.29, 1.82) is 0 Å². The predicted molar refractivity (Wildman–Crippen MR) is 59.8 cm³/mol. The minimum Gasteiger partial charge on any atom is -0.397 e. The summed E-state index contributed by atoms with van der Waals surface area (Å²) in [5.41, 5.74) is 7.16. The molecule has 0 amide bonds. The molecule has 0 radical (unpaired) electrons. The highest BCUT2D eigenvalue weighted by atomic mass is 16.5. The van der Waals surface area contributed by atoms with Crippen LogP contribution in [0.15, 0.2) is 12.3 Å².